The van der Waals surface area contributed by atoms with E-state index in [1.165, 1.54) is 18.5 Å². The third-order valence-corrected chi connectivity index (χ3v) is 4.80. The van der Waals surface area contributed by atoms with Gasteiger partial charge in [-0.05, 0) is 43.3 Å². The van der Waals surface area contributed by atoms with E-state index >= 15 is 0 Å². The van der Waals surface area contributed by atoms with Gasteiger partial charge in [-0.1, -0.05) is 0 Å². The predicted octanol–water partition coefficient (Wildman–Crippen LogP) is 6.18. The van der Waals surface area contributed by atoms with Crippen LogP contribution in [0.5, 0.6) is 11.6 Å². The van der Waals surface area contributed by atoms with Gasteiger partial charge in [0.1, 0.15) is 29.2 Å². The van der Waals surface area contributed by atoms with Crippen molar-refractivity contribution in [2.45, 2.75) is 19.6 Å². The van der Waals surface area contributed by atoms with E-state index in [0.29, 0.717) is 35.8 Å². The number of urea groups is 1. The van der Waals surface area contributed by atoms with Gasteiger partial charge in [0.2, 0.25) is 5.88 Å². The average Bonchev–Trinajstić information content (AvgIpc) is 3.21. The molecule has 0 aliphatic carbocycles. The third kappa shape index (κ3) is 4.75. The summed E-state index contributed by atoms with van der Waals surface area (Å²) in [4.78, 5) is 20.4. The third-order valence-electron chi connectivity index (χ3n) is 4.80. The zero-order chi connectivity index (χ0) is 24.5. The Morgan fingerprint density at radius 2 is 1.76 bits per heavy atom. The van der Waals surface area contributed by atoms with Gasteiger partial charge in [0.15, 0.2) is 0 Å². The second-order valence-corrected chi connectivity index (χ2v) is 7.03. The highest BCUT2D eigenvalue weighted by atomic mass is 19.4. The van der Waals surface area contributed by atoms with Crippen LogP contribution in [0.15, 0.2) is 55.0 Å². The Kier molecular flexibility index (Phi) is 6.05. The highest BCUT2D eigenvalue weighted by Crippen LogP contribution is 2.32. The molecule has 2 aromatic carbocycles. The molecule has 0 spiro atoms. The first kappa shape index (κ1) is 23.0. The maximum atomic E-state index is 14.6. The number of aryl methyl sites for hydroxylation is 1. The van der Waals surface area contributed by atoms with Gasteiger partial charge in [-0.3, -0.25) is 0 Å². The smallest absolute Gasteiger partial charge is 0.416 e. The molecule has 0 aliphatic heterocycles. The quantitative estimate of drug-likeness (QED) is 0.336. The molecule has 34 heavy (non-hydrogen) atoms. The van der Waals surface area contributed by atoms with E-state index in [4.69, 9.17) is 4.74 Å². The number of nitrogens with zero attached hydrogens (tertiary/aromatic N) is 3. The number of carbonyl (C=O) groups excluding carboxylic acids is 1. The molecular formula is C22H16F5N5O2. The Bertz CT molecular complexity index is 1370. The molecule has 4 rings (SSSR count). The number of fused-ring (bicyclic) bond motifs is 1. The molecule has 176 valence electrons. The van der Waals surface area contributed by atoms with Gasteiger partial charge in [-0.25, -0.2) is 18.6 Å². The first-order chi connectivity index (χ1) is 16.2. The van der Waals surface area contributed by atoms with Gasteiger partial charge in [0.25, 0.3) is 0 Å². The van der Waals surface area contributed by atoms with Gasteiger partial charge < -0.3 is 19.9 Å². The normalized spacial score (nSPS) is 11.5. The molecule has 0 saturated heterocycles. The largest absolute Gasteiger partial charge is 0.437 e. The number of ether oxygens (including phenoxy) is 1. The monoisotopic (exact) mass is 477 g/mol. The van der Waals surface area contributed by atoms with Crippen LogP contribution < -0.4 is 15.4 Å². The minimum atomic E-state index is -4.73. The van der Waals surface area contributed by atoms with Crippen molar-refractivity contribution in [2.75, 3.05) is 10.6 Å². The summed E-state index contributed by atoms with van der Waals surface area (Å²) in [7, 11) is 0. The lowest BCUT2D eigenvalue weighted by atomic mass is 10.2. The molecule has 0 saturated carbocycles. The number of anilines is 2. The Balaban J connectivity index is 1.49. The minimum absolute atomic E-state index is 0.0798. The molecule has 2 N–H and O–H groups in total. The number of alkyl halides is 3. The lowest BCUT2D eigenvalue weighted by Gasteiger charge is -2.13. The van der Waals surface area contributed by atoms with Gasteiger partial charge in [-0.2, -0.15) is 18.2 Å². The number of hydrogen-bond donors (Lipinski definition) is 2. The van der Waals surface area contributed by atoms with Crippen LogP contribution in [0.2, 0.25) is 0 Å². The number of benzene rings is 2. The Morgan fingerprint density at radius 3 is 2.47 bits per heavy atom. The second-order valence-electron chi connectivity index (χ2n) is 7.03. The number of amides is 2. The molecular weight excluding hydrogens is 461 g/mol. The first-order valence-corrected chi connectivity index (χ1v) is 9.87. The highest BCUT2D eigenvalue weighted by Gasteiger charge is 2.31. The number of carbonyl (C=O) groups is 1. The van der Waals surface area contributed by atoms with Crippen molar-refractivity contribution in [3.05, 3.63) is 72.2 Å². The average molecular weight is 477 g/mol. The van der Waals surface area contributed by atoms with E-state index in [1.54, 1.807) is 6.07 Å². The van der Waals surface area contributed by atoms with Crippen LogP contribution in [0.4, 0.5) is 38.1 Å². The standard InChI is InChI=1S/C22H16F5N5O2/c1-2-32-8-7-17-19(32)20(29-11-28-17)34-13-4-6-16(15(24)10-13)30-21(33)31-18-9-12(22(25,26)27)3-5-14(18)23/h3-11H,2H2,1H3,(H2,30,31,33). The van der Waals surface area contributed by atoms with E-state index < -0.39 is 35.1 Å². The molecule has 0 aliphatic rings. The molecule has 0 bridgehead atoms. The molecule has 2 aromatic heterocycles. The fourth-order valence-electron chi connectivity index (χ4n) is 3.19. The van der Waals surface area contributed by atoms with Crippen molar-refractivity contribution >= 4 is 28.4 Å². The van der Waals surface area contributed by atoms with Crippen molar-refractivity contribution in [3.63, 3.8) is 0 Å². The number of rotatable bonds is 5. The highest BCUT2D eigenvalue weighted by molar-refractivity contribution is 6.00. The lowest BCUT2D eigenvalue weighted by Crippen LogP contribution is -2.21. The Hall–Kier alpha value is -4.22. The predicted molar refractivity (Wildman–Crippen MR) is 114 cm³/mol. The summed E-state index contributed by atoms with van der Waals surface area (Å²) in [6, 6.07) is 5.74. The molecule has 0 fully saturated rings. The van der Waals surface area contributed by atoms with Crippen molar-refractivity contribution in [1.82, 2.24) is 14.5 Å². The minimum Gasteiger partial charge on any atom is -0.437 e. The van der Waals surface area contributed by atoms with Gasteiger partial charge >= 0.3 is 12.2 Å². The van der Waals surface area contributed by atoms with Gasteiger partial charge in [0.05, 0.1) is 22.5 Å². The fraction of sp³-hybridized carbons (Fsp3) is 0.136. The van der Waals surface area contributed by atoms with Crippen LogP contribution in [0, 0.1) is 11.6 Å². The van der Waals surface area contributed by atoms with Crippen LogP contribution in [0.25, 0.3) is 11.0 Å². The molecule has 4 aromatic rings. The molecule has 7 nitrogen and oxygen atoms in total. The summed E-state index contributed by atoms with van der Waals surface area (Å²) in [5, 5.41) is 4.06. The SMILES string of the molecule is CCn1ccc2ncnc(Oc3ccc(NC(=O)Nc4cc(C(F)(F)F)ccc4F)c(F)c3)c21. The fourth-order valence-corrected chi connectivity index (χ4v) is 3.19. The molecule has 0 atom stereocenters. The lowest BCUT2D eigenvalue weighted by molar-refractivity contribution is -0.137. The van der Waals surface area contributed by atoms with E-state index in [9.17, 15) is 26.7 Å². The van der Waals surface area contributed by atoms with Crippen LogP contribution in [-0.2, 0) is 12.7 Å². The van der Waals surface area contributed by atoms with E-state index in [1.807, 2.05) is 23.0 Å². The van der Waals surface area contributed by atoms with Gasteiger partial charge in [0, 0.05) is 18.8 Å². The van der Waals surface area contributed by atoms with Gasteiger partial charge in [-0.15, -0.1) is 0 Å². The molecule has 2 amide bonds. The van der Waals surface area contributed by atoms with Crippen molar-refractivity contribution in [3.8, 4) is 11.6 Å². The topological polar surface area (TPSA) is 81.1 Å². The van der Waals surface area contributed by atoms with Crippen molar-refractivity contribution in [1.29, 1.82) is 0 Å². The molecule has 0 radical (unpaired) electrons. The zero-order valence-electron chi connectivity index (χ0n) is 17.5. The number of aromatic nitrogens is 3. The summed E-state index contributed by atoms with van der Waals surface area (Å²) in [6.07, 6.45) is -1.61. The van der Waals surface area contributed by atoms with Crippen molar-refractivity contribution in [2.24, 2.45) is 0 Å². The number of halogens is 5. The molecule has 12 heteroatoms. The number of hydrogen-bond acceptors (Lipinski definition) is 4. The van der Waals surface area contributed by atoms with Crippen LogP contribution in [0.1, 0.15) is 12.5 Å². The van der Waals surface area contributed by atoms with E-state index in [2.05, 4.69) is 15.3 Å². The van der Waals surface area contributed by atoms with Crippen molar-refractivity contribution < 1.29 is 31.5 Å². The summed E-state index contributed by atoms with van der Waals surface area (Å²) in [5.41, 5.74) is -0.898. The summed E-state index contributed by atoms with van der Waals surface area (Å²) < 4.78 is 74.4. The van der Waals surface area contributed by atoms with Crippen LogP contribution in [0.3, 0.4) is 0 Å². The summed E-state index contributed by atoms with van der Waals surface area (Å²) >= 11 is 0. The van der Waals surface area contributed by atoms with E-state index in [-0.39, 0.29) is 17.3 Å². The second kappa shape index (κ2) is 8.96. The molecule has 0 unspecified atom stereocenters. The van der Waals surface area contributed by atoms with E-state index in [0.717, 1.165) is 6.07 Å². The zero-order valence-corrected chi connectivity index (χ0v) is 17.5. The van der Waals surface area contributed by atoms with Crippen LogP contribution in [-0.4, -0.2) is 20.6 Å². The van der Waals surface area contributed by atoms with Crippen LogP contribution >= 0.6 is 0 Å². The Morgan fingerprint density at radius 1 is 1.00 bits per heavy atom. The summed E-state index contributed by atoms with van der Waals surface area (Å²) in [6.45, 7) is 2.55. The number of nitrogens with one attached hydrogen (secondary N) is 2. The summed E-state index contributed by atoms with van der Waals surface area (Å²) in [5.74, 6) is -1.69. The first-order valence-electron chi connectivity index (χ1n) is 9.87. The maximum absolute atomic E-state index is 14.6. The molecule has 2 heterocycles. The Labute approximate surface area is 189 Å². The maximum Gasteiger partial charge on any atom is 0.416 e.